The Morgan fingerprint density at radius 3 is 2.56 bits per heavy atom. The van der Waals surface area contributed by atoms with Gasteiger partial charge in [0, 0.05) is 4.90 Å². The van der Waals surface area contributed by atoms with Crippen LogP contribution in [0, 0.1) is 12.3 Å². The molecule has 0 aromatic heterocycles. The first-order valence-electron chi connectivity index (χ1n) is 5.17. The smallest absolute Gasteiger partial charge is 0.348 e. The van der Waals surface area contributed by atoms with Crippen molar-refractivity contribution in [2.24, 2.45) is 0 Å². The van der Waals surface area contributed by atoms with E-state index >= 15 is 0 Å². The lowest BCUT2D eigenvalue weighted by molar-refractivity contribution is -0.0328. The van der Waals surface area contributed by atoms with Crippen molar-refractivity contribution in [3.63, 3.8) is 0 Å². The van der Waals surface area contributed by atoms with Crippen LogP contribution < -0.4 is 5.32 Å². The second-order valence-electron chi connectivity index (χ2n) is 3.68. The van der Waals surface area contributed by atoms with Gasteiger partial charge in [-0.05, 0) is 29.5 Å². The molecule has 1 fully saturated rings. The summed E-state index contributed by atoms with van der Waals surface area (Å²) >= 11 is -0.127. The lowest BCUT2D eigenvalue weighted by atomic mass is 10.1. The van der Waals surface area contributed by atoms with E-state index in [-0.39, 0.29) is 29.0 Å². The van der Waals surface area contributed by atoms with Gasteiger partial charge in [0.1, 0.15) is 12.3 Å². The van der Waals surface area contributed by atoms with Gasteiger partial charge in [0.05, 0.1) is 6.54 Å². The molecule has 2 nitrogen and oxygen atoms in total. The first-order valence-corrected chi connectivity index (χ1v) is 5.99. The van der Waals surface area contributed by atoms with Gasteiger partial charge >= 0.3 is 5.51 Å². The third-order valence-corrected chi connectivity index (χ3v) is 3.08. The zero-order valence-electron chi connectivity index (χ0n) is 9.20. The van der Waals surface area contributed by atoms with Crippen molar-refractivity contribution < 1.29 is 17.9 Å². The van der Waals surface area contributed by atoms with Crippen LogP contribution in [0.2, 0.25) is 0 Å². The Morgan fingerprint density at radius 1 is 1.33 bits per heavy atom. The van der Waals surface area contributed by atoms with Crippen LogP contribution in [-0.2, 0) is 4.74 Å². The fourth-order valence-corrected chi connectivity index (χ4v) is 2.08. The summed E-state index contributed by atoms with van der Waals surface area (Å²) in [6.45, 7) is 0.406. The minimum Gasteiger partial charge on any atom is -0.348 e. The number of hydrogen-bond donors (Lipinski definition) is 1. The van der Waals surface area contributed by atoms with Crippen molar-refractivity contribution in [1.29, 1.82) is 0 Å². The number of terminal acetylenes is 1. The molecule has 2 atom stereocenters. The second kappa shape index (κ2) is 5.22. The Morgan fingerprint density at radius 2 is 2.00 bits per heavy atom. The lowest BCUT2D eigenvalue weighted by Crippen LogP contribution is -2.17. The summed E-state index contributed by atoms with van der Waals surface area (Å²) in [6.07, 6.45) is 4.83. The summed E-state index contributed by atoms with van der Waals surface area (Å²) < 4.78 is 41.7. The van der Waals surface area contributed by atoms with Crippen molar-refractivity contribution in [2.45, 2.75) is 22.7 Å². The van der Waals surface area contributed by atoms with E-state index in [1.165, 1.54) is 12.1 Å². The van der Waals surface area contributed by atoms with Crippen LogP contribution in [0.4, 0.5) is 13.2 Å². The summed E-state index contributed by atoms with van der Waals surface area (Å²) in [5, 5.41) is 2.96. The van der Waals surface area contributed by atoms with Gasteiger partial charge in [0.25, 0.3) is 0 Å². The normalized spacial score (nSPS) is 22.6. The van der Waals surface area contributed by atoms with Gasteiger partial charge in [0.2, 0.25) is 0 Å². The summed E-state index contributed by atoms with van der Waals surface area (Å²) in [7, 11) is 0. The Bertz CT molecular complexity index is 452. The quantitative estimate of drug-likeness (QED) is 0.518. The van der Waals surface area contributed by atoms with Gasteiger partial charge in [-0.25, -0.2) is 0 Å². The van der Waals surface area contributed by atoms with Crippen molar-refractivity contribution in [3.8, 4) is 12.3 Å². The zero-order chi connectivity index (χ0) is 13.2. The van der Waals surface area contributed by atoms with Crippen LogP contribution in [-0.4, -0.2) is 18.3 Å². The van der Waals surface area contributed by atoms with Crippen LogP contribution >= 0.6 is 11.8 Å². The maximum absolute atomic E-state index is 12.1. The van der Waals surface area contributed by atoms with E-state index in [0.717, 1.165) is 5.56 Å². The number of hydrogen-bond acceptors (Lipinski definition) is 3. The SMILES string of the molecule is C#CCNC1OC1c1ccc(SC(F)(F)F)cc1. The third-order valence-electron chi connectivity index (χ3n) is 2.34. The van der Waals surface area contributed by atoms with Crippen LogP contribution in [0.3, 0.4) is 0 Å². The van der Waals surface area contributed by atoms with Gasteiger partial charge in [-0.2, -0.15) is 13.2 Å². The molecule has 0 spiro atoms. The Labute approximate surface area is 107 Å². The maximum Gasteiger partial charge on any atom is 0.446 e. The van der Waals surface area contributed by atoms with Crippen molar-refractivity contribution >= 4 is 11.8 Å². The van der Waals surface area contributed by atoms with E-state index in [9.17, 15) is 13.2 Å². The number of alkyl halides is 3. The molecular formula is C12H10F3NOS. The molecule has 0 aliphatic carbocycles. The van der Waals surface area contributed by atoms with Gasteiger partial charge in [-0.15, -0.1) is 6.42 Å². The van der Waals surface area contributed by atoms with Gasteiger partial charge in [0.15, 0.2) is 0 Å². The number of halogens is 3. The summed E-state index contributed by atoms with van der Waals surface area (Å²) in [5.41, 5.74) is -3.41. The third kappa shape index (κ3) is 3.67. The topological polar surface area (TPSA) is 24.6 Å². The predicted molar refractivity (Wildman–Crippen MR) is 62.8 cm³/mol. The van der Waals surface area contributed by atoms with Crippen molar-refractivity contribution in [3.05, 3.63) is 29.8 Å². The van der Waals surface area contributed by atoms with Crippen LogP contribution in [0.5, 0.6) is 0 Å². The fraction of sp³-hybridized carbons (Fsp3) is 0.333. The Kier molecular flexibility index (Phi) is 3.85. The number of epoxide rings is 1. The standard InChI is InChI=1S/C12H10F3NOS/c1-2-7-16-11-10(17-11)8-3-5-9(6-4-8)18-12(13,14)15/h1,3-6,10-11,16H,7H2. The average molecular weight is 273 g/mol. The highest BCUT2D eigenvalue weighted by Gasteiger charge is 2.39. The molecule has 1 heterocycles. The predicted octanol–water partition coefficient (Wildman–Crippen LogP) is 2.92. The molecule has 0 bridgehead atoms. The van der Waals surface area contributed by atoms with E-state index in [4.69, 9.17) is 11.2 Å². The van der Waals surface area contributed by atoms with E-state index in [0.29, 0.717) is 6.54 Å². The second-order valence-corrected chi connectivity index (χ2v) is 4.82. The highest BCUT2D eigenvalue weighted by atomic mass is 32.2. The van der Waals surface area contributed by atoms with Crippen molar-refractivity contribution in [1.82, 2.24) is 5.32 Å². The zero-order valence-corrected chi connectivity index (χ0v) is 10.0. The maximum atomic E-state index is 12.1. The summed E-state index contributed by atoms with van der Waals surface area (Å²) in [6, 6.07) is 6.15. The minimum absolute atomic E-state index is 0.122. The van der Waals surface area contributed by atoms with Crippen molar-refractivity contribution in [2.75, 3.05) is 6.54 Å². The van der Waals surface area contributed by atoms with Crippen LogP contribution in [0.25, 0.3) is 0 Å². The molecule has 1 saturated heterocycles. The number of ether oxygens (including phenoxy) is 1. The molecule has 0 amide bonds. The summed E-state index contributed by atoms with van der Waals surface area (Å²) in [4.78, 5) is 0.167. The van der Waals surface area contributed by atoms with E-state index in [1.54, 1.807) is 12.1 Å². The summed E-state index contributed by atoms with van der Waals surface area (Å²) in [5.74, 6) is 2.43. The number of nitrogens with one attached hydrogen (secondary N) is 1. The van der Waals surface area contributed by atoms with Gasteiger partial charge < -0.3 is 4.74 Å². The Balaban J connectivity index is 1.92. The molecule has 6 heteroatoms. The molecule has 2 rings (SSSR count). The molecule has 1 aliphatic rings. The molecule has 1 aromatic carbocycles. The molecule has 1 aromatic rings. The molecule has 1 N–H and O–H groups in total. The highest BCUT2D eigenvalue weighted by molar-refractivity contribution is 8.00. The number of rotatable bonds is 4. The average Bonchev–Trinajstić information content (AvgIpc) is 3.05. The van der Waals surface area contributed by atoms with Crippen LogP contribution in [0.1, 0.15) is 11.7 Å². The fourth-order valence-electron chi connectivity index (χ4n) is 1.54. The van der Waals surface area contributed by atoms with E-state index in [1.807, 2.05) is 0 Å². The van der Waals surface area contributed by atoms with Gasteiger partial charge in [-0.3, -0.25) is 5.32 Å². The largest absolute Gasteiger partial charge is 0.446 e. The molecule has 96 valence electrons. The number of thioether (sulfide) groups is 1. The molecule has 18 heavy (non-hydrogen) atoms. The first-order chi connectivity index (χ1) is 8.49. The molecule has 1 aliphatic heterocycles. The van der Waals surface area contributed by atoms with Gasteiger partial charge in [-0.1, -0.05) is 18.1 Å². The number of benzene rings is 1. The van der Waals surface area contributed by atoms with E-state index in [2.05, 4.69) is 11.2 Å². The monoisotopic (exact) mass is 273 g/mol. The highest BCUT2D eigenvalue weighted by Crippen LogP contribution is 2.40. The molecule has 0 saturated carbocycles. The molecule has 2 unspecified atom stereocenters. The molecular weight excluding hydrogens is 263 g/mol. The Hall–Kier alpha value is -1.16. The van der Waals surface area contributed by atoms with Crippen LogP contribution in [0.15, 0.2) is 29.2 Å². The van der Waals surface area contributed by atoms with E-state index < -0.39 is 5.51 Å². The molecule has 0 radical (unpaired) electrons. The first kappa shape index (κ1) is 13.3. The lowest BCUT2D eigenvalue weighted by Gasteiger charge is -2.05. The minimum atomic E-state index is -4.26.